The summed E-state index contributed by atoms with van der Waals surface area (Å²) in [5.74, 6) is -0.124. The van der Waals surface area contributed by atoms with Crippen molar-refractivity contribution in [2.45, 2.75) is 29.1 Å². The Morgan fingerprint density at radius 3 is 2.38 bits per heavy atom. The minimum atomic E-state index is -1.83. The number of carbonyl (C=O) groups is 2. The molecule has 9 heteroatoms. The van der Waals surface area contributed by atoms with Crippen LogP contribution in [0.1, 0.15) is 35.4 Å². The first kappa shape index (κ1) is 22.9. The Hall–Kier alpha value is -3.77. The second-order valence-corrected chi connectivity index (χ2v) is 8.33. The van der Waals surface area contributed by atoms with E-state index in [0.29, 0.717) is 23.2 Å². The van der Waals surface area contributed by atoms with Gasteiger partial charge in [-0.3, -0.25) is 4.79 Å². The third kappa shape index (κ3) is 5.68. The first-order chi connectivity index (χ1) is 15.4. The average Bonchev–Trinajstić information content (AvgIpc) is 2.73. The molecule has 3 aromatic rings. The van der Waals surface area contributed by atoms with Crippen molar-refractivity contribution in [2.75, 3.05) is 6.54 Å². The number of nitrogens with one attached hydrogen (secondary N) is 1. The zero-order chi connectivity index (χ0) is 23.1. The van der Waals surface area contributed by atoms with Gasteiger partial charge in [0.2, 0.25) is 0 Å². The van der Waals surface area contributed by atoms with Crippen molar-refractivity contribution in [3.05, 3.63) is 59.9 Å². The molecule has 2 aromatic carbocycles. The van der Waals surface area contributed by atoms with Gasteiger partial charge in [0.05, 0.1) is 0 Å². The number of benzene rings is 2. The van der Waals surface area contributed by atoms with Gasteiger partial charge in [-0.15, -0.1) is 0 Å². The molecule has 0 aliphatic heterocycles. The minimum Gasteiger partial charge on any atom is -0.505 e. The summed E-state index contributed by atoms with van der Waals surface area (Å²) in [4.78, 5) is 27.2. The Morgan fingerprint density at radius 2 is 1.78 bits per heavy atom. The van der Waals surface area contributed by atoms with Crippen LogP contribution in [0.25, 0.3) is 10.8 Å². The molecular formula is C23H21N3O5S. The summed E-state index contributed by atoms with van der Waals surface area (Å²) < 4.78 is 0. The summed E-state index contributed by atoms with van der Waals surface area (Å²) >= 11 is 1.56. The molecule has 0 radical (unpaired) electrons. The number of rotatable bonds is 5. The van der Waals surface area contributed by atoms with Crippen molar-refractivity contribution in [2.24, 2.45) is 5.92 Å². The van der Waals surface area contributed by atoms with Crippen molar-refractivity contribution in [1.82, 2.24) is 10.3 Å². The summed E-state index contributed by atoms with van der Waals surface area (Å²) in [6, 6.07) is 17.4. The fraction of sp³-hybridized carbons (Fsp3) is 0.217. The monoisotopic (exact) mass is 451 g/mol. The van der Waals surface area contributed by atoms with E-state index in [1.165, 1.54) is 6.42 Å². The Morgan fingerprint density at radius 1 is 1.09 bits per heavy atom. The van der Waals surface area contributed by atoms with Crippen LogP contribution < -0.4 is 5.32 Å². The first-order valence-corrected chi connectivity index (χ1v) is 10.7. The fourth-order valence-electron chi connectivity index (χ4n) is 3.23. The molecular weight excluding hydrogens is 430 g/mol. The third-order valence-electron chi connectivity index (χ3n) is 5.03. The van der Waals surface area contributed by atoms with Gasteiger partial charge in [0, 0.05) is 27.1 Å². The lowest BCUT2D eigenvalue weighted by Crippen LogP contribution is -2.32. The molecule has 1 aliphatic carbocycles. The first-order valence-electron chi connectivity index (χ1n) is 9.89. The second-order valence-electron chi connectivity index (χ2n) is 7.18. The van der Waals surface area contributed by atoms with Crippen LogP contribution in [-0.2, 0) is 0 Å². The Kier molecular flexibility index (Phi) is 7.52. The van der Waals surface area contributed by atoms with Crippen molar-refractivity contribution < 1.29 is 24.9 Å². The van der Waals surface area contributed by atoms with Gasteiger partial charge in [-0.05, 0) is 49.1 Å². The number of hydrogen-bond donors (Lipinski definition) is 4. The summed E-state index contributed by atoms with van der Waals surface area (Å²) in [5.41, 5.74) is 0.0453. The highest BCUT2D eigenvalue weighted by molar-refractivity contribution is 7.99. The number of carbonyl (C=O) groups excluding carboxylic acids is 1. The second kappa shape index (κ2) is 10.5. The average molecular weight is 452 g/mol. The molecule has 1 heterocycles. The molecule has 32 heavy (non-hydrogen) atoms. The number of aromatic nitrogens is 1. The zero-order valence-corrected chi connectivity index (χ0v) is 17.8. The third-order valence-corrected chi connectivity index (χ3v) is 6.02. The highest BCUT2D eigenvalue weighted by Gasteiger charge is 2.22. The number of carboxylic acid groups (broad SMARTS) is 2. The number of amides is 1. The van der Waals surface area contributed by atoms with Crippen LogP contribution in [0.4, 0.5) is 4.79 Å². The van der Waals surface area contributed by atoms with Gasteiger partial charge in [0.15, 0.2) is 11.4 Å². The number of nitrogens with zero attached hydrogens (tertiary/aromatic N) is 2. The quantitative estimate of drug-likeness (QED) is 0.436. The Labute approximate surface area is 188 Å². The lowest BCUT2D eigenvalue weighted by Gasteiger charge is -2.25. The van der Waals surface area contributed by atoms with Crippen LogP contribution in [0.3, 0.4) is 0 Å². The van der Waals surface area contributed by atoms with E-state index >= 15 is 0 Å². The Bertz CT molecular complexity index is 1170. The van der Waals surface area contributed by atoms with Gasteiger partial charge >= 0.3 is 6.16 Å². The number of fused-ring (bicyclic) bond motifs is 1. The van der Waals surface area contributed by atoms with E-state index in [-0.39, 0.29) is 17.1 Å². The highest BCUT2D eigenvalue weighted by atomic mass is 32.2. The van der Waals surface area contributed by atoms with Crippen LogP contribution in [0, 0.1) is 17.2 Å². The van der Waals surface area contributed by atoms with E-state index in [4.69, 9.17) is 15.0 Å². The summed E-state index contributed by atoms with van der Waals surface area (Å²) in [6.45, 7) is 0.576. The maximum atomic E-state index is 12.5. The van der Waals surface area contributed by atoms with Crippen molar-refractivity contribution in [3.8, 4) is 11.8 Å². The van der Waals surface area contributed by atoms with E-state index < -0.39 is 12.1 Å². The maximum absolute atomic E-state index is 12.5. The predicted octanol–water partition coefficient (Wildman–Crippen LogP) is 4.72. The highest BCUT2D eigenvalue weighted by Crippen LogP contribution is 2.35. The molecule has 4 rings (SSSR count). The van der Waals surface area contributed by atoms with Crippen molar-refractivity contribution in [1.29, 1.82) is 5.26 Å². The predicted molar refractivity (Wildman–Crippen MR) is 119 cm³/mol. The van der Waals surface area contributed by atoms with Gasteiger partial charge in [0.25, 0.3) is 5.91 Å². The smallest absolute Gasteiger partial charge is 0.503 e. The summed E-state index contributed by atoms with van der Waals surface area (Å²) in [5, 5.41) is 37.9. The molecule has 1 aromatic heterocycles. The number of pyridine rings is 1. The summed E-state index contributed by atoms with van der Waals surface area (Å²) in [6.07, 6.45) is 1.59. The molecule has 0 bridgehead atoms. The van der Waals surface area contributed by atoms with Crippen LogP contribution in [0.15, 0.2) is 58.3 Å². The number of nitriles is 1. The Balaban J connectivity index is 0.000000668. The van der Waals surface area contributed by atoms with E-state index in [1.54, 1.807) is 17.8 Å². The number of aromatic hydroxyl groups is 1. The molecule has 0 spiro atoms. The van der Waals surface area contributed by atoms with Gasteiger partial charge in [-0.25, -0.2) is 9.78 Å². The molecule has 164 valence electrons. The van der Waals surface area contributed by atoms with Gasteiger partial charge in [0.1, 0.15) is 11.8 Å². The lowest BCUT2D eigenvalue weighted by atomic mass is 9.85. The van der Waals surface area contributed by atoms with Crippen LogP contribution in [0.5, 0.6) is 5.75 Å². The lowest BCUT2D eigenvalue weighted by molar-refractivity contribution is 0.0931. The van der Waals surface area contributed by atoms with E-state index in [9.17, 15) is 15.2 Å². The molecule has 0 atom stereocenters. The van der Waals surface area contributed by atoms with Gasteiger partial charge in [-0.2, -0.15) is 5.26 Å². The van der Waals surface area contributed by atoms with E-state index in [0.717, 1.165) is 22.6 Å². The molecule has 1 amide bonds. The van der Waals surface area contributed by atoms with Crippen molar-refractivity contribution in [3.63, 3.8) is 0 Å². The fourth-order valence-corrected chi connectivity index (χ4v) is 4.11. The van der Waals surface area contributed by atoms with Crippen LogP contribution in [-0.4, -0.2) is 38.9 Å². The SMILES string of the molecule is N#Cc1nc(C(=O)NCC2CCC2)c(O)c2ccc(Sc3ccccc3)cc12.O=C(O)O. The van der Waals surface area contributed by atoms with Gasteiger partial charge in [-0.1, -0.05) is 36.4 Å². The molecule has 4 N–H and O–H groups in total. The van der Waals surface area contributed by atoms with Gasteiger partial charge < -0.3 is 20.6 Å². The maximum Gasteiger partial charge on any atom is 0.503 e. The molecule has 1 fully saturated rings. The van der Waals surface area contributed by atoms with E-state index in [1.807, 2.05) is 42.5 Å². The number of hydrogen-bond acceptors (Lipinski definition) is 6. The molecule has 0 unspecified atom stereocenters. The topological polar surface area (TPSA) is 144 Å². The largest absolute Gasteiger partial charge is 0.505 e. The minimum absolute atomic E-state index is 0.0909. The van der Waals surface area contributed by atoms with Crippen molar-refractivity contribution >= 4 is 34.6 Å². The van der Waals surface area contributed by atoms with Crippen LogP contribution >= 0.6 is 11.8 Å². The molecule has 8 nitrogen and oxygen atoms in total. The van der Waals surface area contributed by atoms with Crippen LogP contribution in [0.2, 0.25) is 0 Å². The molecule has 1 aliphatic rings. The van der Waals surface area contributed by atoms with E-state index in [2.05, 4.69) is 16.4 Å². The summed E-state index contributed by atoms with van der Waals surface area (Å²) in [7, 11) is 0. The molecule has 1 saturated carbocycles. The zero-order valence-electron chi connectivity index (χ0n) is 17.0. The standard InChI is InChI=1S/C22H19N3O2S.CH2O3/c23-12-19-18-11-16(28-15-7-2-1-3-8-15)9-10-17(18)21(26)20(25-19)22(27)24-13-14-5-4-6-14;2-1(3)4/h1-3,7-11,14,26H,4-6,13H2,(H,24,27);(H2,2,3,4). The normalized spacial score (nSPS) is 12.7. The molecule has 0 saturated heterocycles.